The molecule has 0 amide bonds. The smallest absolute Gasteiger partial charge is 0.307 e. The lowest BCUT2D eigenvalue weighted by Crippen LogP contribution is -2.27. The van der Waals surface area contributed by atoms with Crippen LogP contribution in [-0.2, 0) is 14.3 Å². The molecule has 4 nitrogen and oxygen atoms in total. The Morgan fingerprint density at radius 1 is 1.47 bits per heavy atom. The van der Waals surface area contributed by atoms with Gasteiger partial charge >= 0.3 is 5.97 Å². The quantitative estimate of drug-likeness (QED) is 0.683. The van der Waals surface area contributed by atoms with E-state index in [1.54, 1.807) is 0 Å². The van der Waals surface area contributed by atoms with E-state index in [1.165, 1.54) is 12.8 Å². The van der Waals surface area contributed by atoms with E-state index >= 15 is 0 Å². The molecule has 0 aromatic heterocycles. The Morgan fingerprint density at radius 3 is 2.87 bits per heavy atom. The van der Waals surface area contributed by atoms with Crippen LogP contribution >= 0.6 is 0 Å². The van der Waals surface area contributed by atoms with Crippen LogP contribution in [0.5, 0.6) is 0 Å². The van der Waals surface area contributed by atoms with Gasteiger partial charge in [-0.2, -0.15) is 0 Å². The summed E-state index contributed by atoms with van der Waals surface area (Å²) in [5.41, 5.74) is 5.84. The first-order chi connectivity index (χ1) is 7.25. The van der Waals surface area contributed by atoms with Gasteiger partial charge in [-0.25, -0.2) is 0 Å². The highest BCUT2D eigenvalue weighted by Crippen LogP contribution is 2.32. The lowest BCUT2D eigenvalue weighted by Gasteiger charge is -2.12. The summed E-state index contributed by atoms with van der Waals surface area (Å²) in [4.78, 5) is 11.4. The molecule has 0 radical (unpaired) electrons. The molecule has 1 saturated heterocycles. The average molecular weight is 213 g/mol. The van der Waals surface area contributed by atoms with Gasteiger partial charge in [-0.15, -0.1) is 0 Å². The molecule has 1 aliphatic carbocycles. The molecule has 2 fully saturated rings. The zero-order valence-corrected chi connectivity index (χ0v) is 8.98. The van der Waals surface area contributed by atoms with Crippen molar-refractivity contribution in [3.8, 4) is 0 Å². The second kappa shape index (κ2) is 4.94. The first-order valence-electron chi connectivity index (χ1n) is 5.74. The Bertz CT molecular complexity index is 222. The van der Waals surface area contributed by atoms with Gasteiger partial charge in [-0.3, -0.25) is 4.79 Å². The zero-order valence-electron chi connectivity index (χ0n) is 8.98. The summed E-state index contributed by atoms with van der Waals surface area (Å²) in [5, 5.41) is 0. The van der Waals surface area contributed by atoms with Gasteiger partial charge in [-0.05, 0) is 25.2 Å². The molecule has 86 valence electrons. The summed E-state index contributed by atoms with van der Waals surface area (Å²) in [7, 11) is 0. The van der Waals surface area contributed by atoms with E-state index in [1.807, 2.05) is 0 Å². The molecule has 1 heterocycles. The lowest BCUT2D eigenvalue weighted by atomic mass is 10.1. The molecule has 2 aliphatic rings. The van der Waals surface area contributed by atoms with Crippen molar-refractivity contribution >= 4 is 5.97 Å². The van der Waals surface area contributed by atoms with Crippen LogP contribution in [0, 0.1) is 11.8 Å². The van der Waals surface area contributed by atoms with Crippen LogP contribution in [0.4, 0.5) is 0 Å². The summed E-state index contributed by atoms with van der Waals surface area (Å²) >= 11 is 0. The number of hydrogen-bond acceptors (Lipinski definition) is 4. The van der Waals surface area contributed by atoms with Gasteiger partial charge < -0.3 is 15.2 Å². The maximum Gasteiger partial charge on any atom is 0.307 e. The van der Waals surface area contributed by atoms with Gasteiger partial charge in [0, 0.05) is 18.6 Å². The number of esters is 1. The summed E-state index contributed by atoms with van der Waals surface area (Å²) in [6, 6.07) is 0.0114. The Kier molecular flexibility index (Phi) is 3.59. The van der Waals surface area contributed by atoms with Crippen LogP contribution in [0.1, 0.15) is 25.7 Å². The number of carbonyl (C=O) groups is 1. The molecule has 2 atom stereocenters. The molecule has 2 N–H and O–H groups in total. The van der Waals surface area contributed by atoms with Gasteiger partial charge in [0.15, 0.2) is 0 Å². The van der Waals surface area contributed by atoms with Crippen LogP contribution in [0.15, 0.2) is 0 Å². The minimum Gasteiger partial charge on any atom is -0.465 e. The number of hydrogen-bond donors (Lipinski definition) is 1. The fourth-order valence-corrected chi connectivity index (χ4v) is 1.87. The highest BCUT2D eigenvalue weighted by molar-refractivity contribution is 5.70. The van der Waals surface area contributed by atoms with Gasteiger partial charge in [0.25, 0.3) is 0 Å². The molecule has 0 bridgehead atoms. The molecule has 1 saturated carbocycles. The fraction of sp³-hybridized carbons (Fsp3) is 0.909. The van der Waals surface area contributed by atoms with E-state index in [0.29, 0.717) is 24.9 Å². The van der Waals surface area contributed by atoms with Gasteiger partial charge in [-0.1, -0.05) is 0 Å². The van der Waals surface area contributed by atoms with E-state index < -0.39 is 0 Å². The Hall–Kier alpha value is -0.610. The van der Waals surface area contributed by atoms with Crippen LogP contribution < -0.4 is 5.73 Å². The van der Waals surface area contributed by atoms with Crippen LogP contribution in [0.25, 0.3) is 0 Å². The van der Waals surface area contributed by atoms with Crippen molar-refractivity contribution < 1.29 is 14.3 Å². The lowest BCUT2D eigenvalue weighted by molar-refractivity contribution is -0.145. The topological polar surface area (TPSA) is 61.6 Å². The number of ether oxygens (including phenoxy) is 2. The number of rotatable bonds is 5. The first kappa shape index (κ1) is 10.9. The molecule has 1 aliphatic heterocycles. The van der Waals surface area contributed by atoms with Gasteiger partial charge in [0.2, 0.25) is 0 Å². The predicted molar refractivity (Wildman–Crippen MR) is 55.2 cm³/mol. The second-order valence-electron chi connectivity index (χ2n) is 4.62. The SMILES string of the molecule is NC(CC(=O)OCC1CCOC1)C1CC1. The van der Waals surface area contributed by atoms with E-state index in [9.17, 15) is 4.79 Å². The van der Waals surface area contributed by atoms with Crippen molar-refractivity contribution in [1.29, 1.82) is 0 Å². The highest BCUT2D eigenvalue weighted by atomic mass is 16.5. The van der Waals surface area contributed by atoms with Crippen molar-refractivity contribution in [2.24, 2.45) is 17.6 Å². The van der Waals surface area contributed by atoms with Crippen molar-refractivity contribution in [2.45, 2.75) is 31.7 Å². The number of carbonyl (C=O) groups excluding carboxylic acids is 1. The van der Waals surface area contributed by atoms with Crippen molar-refractivity contribution in [3.05, 3.63) is 0 Å². The Labute approximate surface area is 90.1 Å². The van der Waals surface area contributed by atoms with Gasteiger partial charge in [0.1, 0.15) is 0 Å². The van der Waals surface area contributed by atoms with E-state index in [2.05, 4.69) is 0 Å². The summed E-state index contributed by atoms with van der Waals surface area (Å²) in [6.07, 6.45) is 3.72. The molecule has 15 heavy (non-hydrogen) atoms. The molecule has 0 aromatic carbocycles. The zero-order chi connectivity index (χ0) is 10.7. The Balaban J connectivity index is 1.59. The normalized spacial score (nSPS) is 27.7. The summed E-state index contributed by atoms with van der Waals surface area (Å²) in [5.74, 6) is 0.805. The summed E-state index contributed by atoms with van der Waals surface area (Å²) in [6.45, 7) is 2.02. The van der Waals surface area contributed by atoms with Crippen LogP contribution in [-0.4, -0.2) is 31.8 Å². The van der Waals surface area contributed by atoms with Gasteiger partial charge in [0.05, 0.1) is 19.6 Å². The minimum atomic E-state index is -0.152. The molecule has 4 heteroatoms. The van der Waals surface area contributed by atoms with E-state index in [-0.39, 0.29) is 12.0 Å². The van der Waals surface area contributed by atoms with E-state index in [0.717, 1.165) is 19.6 Å². The fourth-order valence-electron chi connectivity index (χ4n) is 1.87. The van der Waals surface area contributed by atoms with Crippen molar-refractivity contribution in [2.75, 3.05) is 19.8 Å². The maximum absolute atomic E-state index is 11.4. The third-order valence-corrected chi connectivity index (χ3v) is 3.13. The summed E-state index contributed by atoms with van der Waals surface area (Å²) < 4.78 is 10.4. The average Bonchev–Trinajstić information content (AvgIpc) is 2.93. The van der Waals surface area contributed by atoms with E-state index in [4.69, 9.17) is 15.2 Å². The first-order valence-corrected chi connectivity index (χ1v) is 5.74. The molecule has 2 rings (SSSR count). The van der Waals surface area contributed by atoms with Crippen LogP contribution in [0.3, 0.4) is 0 Å². The third-order valence-electron chi connectivity index (χ3n) is 3.13. The minimum absolute atomic E-state index is 0.0114. The molecule has 0 aromatic rings. The standard InChI is InChI=1S/C11H19NO3/c12-10(9-1-2-9)5-11(13)15-7-8-3-4-14-6-8/h8-10H,1-7,12H2. The van der Waals surface area contributed by atoms with Crippen molar-refractivity contribution in [3.63, 3.8) is 0 Å². The second-order valence-corrected chi connectivity index (χ2v) is 4.62. The highest BCUT2D eigenvalue weighted by Gasteiger charge is 2.30. The molecular formula is C11H19NO3. The monoisotopic (exact) mass is 213 g/mol. The third kappa shape index (κ3) is 3.47. The molecular weight excluding hydrogens is 194 g/mol. The maximum atomic E-state index is 11.4. The molecule has 0 spiro atoms. The Morgan fingerprint density at radius 2 is 2.27 bits per heavy atom. The predicted octanol–water partition coefficient (Wildman–Crippen LogP) is 0.693. The number of nitrogens with two attached hydrogens (primary N) is 1. The molecule has 2 unspecified atom stereocenters. The largest absolute Gasteiger partial charge is 0.465 e. The van der Waals surface area contributed by atoms with Crippen molar-refractivity contribution in [1.82, 2.24) is 0 Å². The van der Waals surface area contributed by atoms with Crippen LogP contribution in [0.2, 0.25) is 0 Å².